The Morgan fingerprint density at radius 1 is 1.31 bits per heavy atom. The molecule has 1 saturated carbocycles. The summed E-state index contributed by atoms with van der Waals surface area (Å²) in [6, 6.07) is 3.65. The quantitative estimate of drug-likeness (QED) is 0.406. The van der Waals surface area contributed by atoms with Crippen LogP contribution in [0.1, 0.15) is 42.5 Å². The largest absolute Gasteiger partial charge is 0.381 e. The van der Waals surface area contributed by atoms with Crippen molar-refractivity contribution in [2.75, 3.05) is 11.9 Å². The molecule has 0 saturated heterocycles. The number of rotatable bonds is 8. The van der Waals surface area contributed by atoms with Gasteiger partial charge in [0.05, 0.1) is 11.3 Å². The summed E-state index contributed by atoms with van der Waals surface area (Å²) in [5.41, 5.74) is 2.44. The molecule has 2 aromatic heterocycles. The van der Waals surface area contributed by atoms with Gasteiger partial charge in [0.15, 0.2) is 6.29 Å². The van der Waals surface area contributed by atoms with Gasteiger partial charge in [-0.05, 0) is 25.0 Å². The van der Waals surface area contributed by atoms with Crippen molar-refractivity contribution in [3.8, 4) is 0 Å². The number of hydrogen-bond acceptors (Lipinski definition) is 4. The van der Waals surface area contributed by atoms with Crippen LogP contribution in [0.5, 0.6) is 0 Å². The first-order valence-corrected chi connectivity index (χ1v) is 13.5. The Morgan fingerprint density at radius 2 is 2.08 bits per heavy atom. The first-order chi connectivity index (χ1) is 12.5. The summed E-state index contributed by atoms with van der Waals surface area (Å²) in [4.78, 5) is 16.0. The highest BCUT2D eigenvalue weighted by molar-refractivity contribution is 6.76. The Morgan fingerprint density at radius 3 is 2.77 bits per heavy atom. The summed E-state index contributed by atoms with van der Waals surface area (Å²) >= 11 is 0. The molecule has 5 nitrogen and oxygen atoms in total. The molecule has 2 aromatic rings. The third-order valence-electron chi connectivity index (χ3n) is 5.13. The van der Waals surface area contributed by atoms with Crippen molar-refractivity contribution in [3.05, 3.63) is 24.0 Å². The Kier molecular flexibility index (Phi) is 6.14. The second-order valence-electron chi connectivity index (χ2n) is 8.56. The number of fused-ring (bicyclic) bond motifs is 1. The average molecular weight is 374 g/mol. The minimum absolute atomic E-state index is 0.449. The molecule has 0 radical (unpaired) electrons. The number of nitrogens with one attached hydrogen (secondary N) is 1. The number of carbonyl (C=O) groups is 1. The van der Waals surface area contributed by atoms with E-state index >= 15 is 0 Å². The first kappa shape index (κ1) is 19.1. The maximum absolute atomic E-state index is 11.5. The van der Waals surface area contributed by atoms with Crippen LogP contribution in [0.15, 0.2) is 18.5 Å². The minimum atomic E-state index is -1.08. The molecule has 0 bridgehead atoms. The lowest BCUT2D eigenvalue weighted by Gasteiger charge is -2.25. The number of carbonyl (C=O) groups excluding carboxylic acids is 1. The van der Waals surface area contributed by atoms with Crippen LogP contribution in [-0.4, -0.2) is 36.6 Å². The Bertz CT molecular complexity index is 745. The second kappa shape index (κ2) is 8.35. The lowest BCUT2D eigenvalue weighted by Crippen LogP contribution is -2.23. The van der Waals surface area contributed by atoms with Crippen LogP contribution in [0.3, 0.4) is 0 Å². The van der Waals surface area contributed by atoms with E-state index in [0.29, 0.717) is 18.3 Å². The van der Waals surface area contributed by atoms with Gasteiger partial charge >= 0.3 is 0 Å². The van der Waals surface area contributed by atoms with Crippen molar-refractivity contribution in [2.45, 2.75) is 70.6 Å². The van der Waals surface area contributed by atoms with Gasteiger partial charge in [0, 0.05) is 38.5 Å². The number of ether oxygens (including phenoxy) is 1. The van der Waals surface area contributed by atoms with Crippen LogP contribution in [0.2, 0.25) is 25.7 Å². The molecule has 3 rings (SSSR count). The van der Waals surface area contributed by atoms with Gasteiger partial charge in [0.2, 0.25) is 0 Å². The summed E-state index contributed by atoms with van der Waals surface area (Å²) in [6.45, 7) is 8.35. The van der Waals surface area contributed by atoms with E-state index in [4.69, 9.17) is 4.74 Å². The molecule has 1 fully saturated rings. The summed E-state index contributed by atoms with van der Waals surface area (Å²) < 4.78 is 7.90. The van der Waals surface area contributed by atoms with Gasteiger partial charge in [0.25, 0.3) is 0 Å². The summed E-state index contributed by atoms with van der Waals surface area (Å²) in [6.07, 6.45) is 10.8. The molecule has 0 atom stereocenters. The maximum atomic E-state index is 11.5. The van der Waals surface area contributed by atoms with E-state index in [1.165, 1.54) is 32.1 Å². The highest BCUT2D eigenvalue weighted by atomic mass is 28.3. The third kappa shape index (κ3) is 4.74. The first-order valence-electron chi connectivity index (χ1n) is 9.75. The van der Waals surface area contributed by atoms with Gasteiger partial charge in [-0.1, -0.05) is 38.9 Å². The van der Waals surface area contributed by atoms with Gasteiger partial charge in [-0.15, -0.1) is 0 Å². The SMILES string of the molecule is C[Si](C)(C)CCOCn1ccc2c(NC3CCCCC3)c(C=O)cnc21. The molecule has 0 aliphatic heterocycles. The zero-order valence-electron chi connectivity index (χ0n) is 16.3. The number of nitrogens with zero attached hydrogens (tertiary/aromatic N) is 2. The zero-order valence-corrected chi connectivity index (χ0v) is 17.3. The zero-order chi connectivity index (χ0) is 18.6. The molecular formula is C20H31N3O2Si. The number of aldehydes is 1. The van der Waals surface area contributed by atoms with Gasteiger partial charge in [-0.3, -0.25) is 4.79 Å². The van der Waals surface area contributed by atoms with Gasteiger partial charge < -0.3 is 14.6 Å². The predicted molar refractivity (Wildman–Crippen MR) is 110 cm³/mol. The summed E-state index contributed by atoms with van der Waals surface area (Å²) in [5, 5.41) is 4.63. The van der Waals surface area contributed by atoms with Crippen molar-refractivity contribution in [3.63, 3.8) is 0 Å². The number of hydrogen-bond donors (Lipinski definition) is 1. The van der Waals surface area contributed by atoms with Crippen molar-refractivity contribution >= 4 is 31.1 Å². The molecule has 0 amide bonds. The molecule has 6 heteroatoms. The van der Waals surface area contributed by atoms with E-state index < -0.39 is 8.07 Å². The van der Waals surface area contributed by atoms with Crippen molar-refractivity contribution in [1.82, 2.24) is 9.55 Å². The van der Waals surface area contributed by atoms with Crippen LogP contribution in [0.4, 0.5) is 5.69 Å². The van der Waals surface area contributed by atoms with Crippen LogP contribution in [0, 0.1) is 0 Å². The Hall–Kier alpha value is -1.66. The molecule has 1 aliphatic carbocycles. The summed E-state index contributed by atoms with van der Waals surface area (Å²) in [5.74, 6) is 0. The smallest absolute Gasteiger partial charge is 0.153 e. The highest BCUT2D eigenvalue weighted by Crippen LogP contribution is 2.29. The fourth-order valence-electron chi connectivity index (χ4n) is 3.50. The normalized spacial score (nSPS) is 16.1. The fourth-order valence-corrected chi connectivity index (χ4v) is 4.26. The lowest BCUT2D eigenvalue weighted by atomic mass is 9.95. The lowest BCUT2D eigenvalue weighted by molar-refractivity contribution is 0.0899. The molecule has 1 aliphatic rings. The van der Waals surface area contributed by atoms with Crippen LogP contribution in [0.25, 0.3) is 11.0 Å². The molecule has 2 heterocycles. The standard InChI is InChI=1S/C20H31N3O2Si/c1-26(2,3)12-11-25-15-23-10-9-18-19(16(14-24)13-21-20(18)23)22-17-7-5-4-6-8-17/h9-10,13-14,17H,4-8,11-12,15H2,1-3H3,(H,21,22). The van der Waals surface area contributed by atoms with Gasteiger partial charge in [0.1, 0.15) is 12.4 Å². The van der Waals surface area contributed by atoms with E-state index in [-0.39, 0.29) is 0 Å². The fraction of sp³-hybridized carbons (Fsp3) is 0.600. The Balaban J connectivity index is 1.76. The van der Waals surface area contributed by atoms with Crippen LogP contribution in [-0.2, 0) is 11.5 Å². The van der Waals surface area contributed by atoms with E-state index in [1.807, 2.05) is 16.8 Å². The van der Waals surface area contributed by atoms with E-state index in [2.05, 4.69) is 29.9 Å². The van der Waals surface area contributed by atoms with E-state index in [9.17, 15) is 4.79 Å². The monoisotopic (exact) mass is 373 g/mol. The van der Waals surface area contributed by atoms with Crippen molar-refractivity contribution in [2.24, 2.45) is 0 Å². The van der Waals surface area contributed by atoms with Gasteiger partial charge in [-0.2, -0.15) is 0 Å². The van der Waals surface area contributed by atoms with E-state index in [1.54, 1.807) is 6.20 Å². The van der Waals surface area contributed by atoms with Crippen LogP contribution < -0.4 is 5.32 Å². The number of anilines is 1. The van der Waals surface area contributed by atoms with Crippen molar-refractivity contribution in [1.29, 1.82) is 0 Å². The second-order valence-corrected chi connectivity index (χ2v) is 14.2. The maximum Gasteiger partial charge on any atom is 0.153 e. The Labute approximate surface area is 157 Å². The van der Waals surface area contributed by atoms with E-state index in [0.717, 1.165) is 35.7 Å². The molecule has 0 aromatic carbocycles. The molecule has 0 spiro atoms. The predicted octanol–water partition coefficient (Wildman–Crippen LogP) is 4.91. The topological polar surface area (TPSA) is 56.1 Å². The minimum Gasteiger partial charge on any atom is -0.381 e. The van der Waals surface area contributed by atoms with Gasteiger partial charge in [-0.25, -0.2) is 4.98 Å². The molecule has 0 unspecified atom stereocenters. The number of aromatic nitrogens is 2. The molecular weight excluding hydrogens is 342 g/mol. The molecule has 142 valence electrons. The van der Waals surface area contributed by atoms with Crippen molar-refractivity contribution < 1.29 is 9.53 Å². The highest BCUT2D eigenvalue weighted by Gasteiger charge is 2.18. The van der Waals surface area contributed by atoms with Crippen LogP contribution >= 0.6 is 0 Å². The molecule has 1 N–H and O–H groups in total. The number of pyridine rings is 1. The third-order valence-corrected chi connectivity index (χ3v) is 6.83. The summed E-state index contributed by atoms with van der Waals surface area (Å²) in [7, 11) is -1.08. The average Bonchev–Trinajstić information content (AvgIpc) is 3.03. The molecule has 26 heavy (non-hydrogen) atoms.